The van der Waals surface area contributed by atoms with Gasteiger partial charge >= 0.3 is 0 Å². The Kier molecular flexibility index (Phi) is 5.79. The van der Waals surface area contributed by atoms with Crippen LogP contribution in [0.5, 0.6) is 0 Å². The summed E-state index contributed by atoms with van der Waals surface area (Å²) in [5.74, 6) is 0. The standard InChI is InChI=1S/C15H27N3S/c1-4-14-10-17-15(19-14)12(3)18-11(2)9-13-7-5-6-8-16-13/h10-13,16,18H,4-9H2,1-3H3. The average molecular weight is 281 g/mol. The third-order valence-corrected chi connectivity index (χ3v) is 5.20. The van der Waals surface area contributed by atoms with E-state index in [-0.39, 0.29) is 0 Å². The summed E-state index contributed by atoms with van der Waals surface area (Å²) in [6.45, 7) is 7.90. The molecule has 2 heterocycles. The highest BCUT2D eigenvalue weighted by molar-refractivity contribution is 7.11. The van der Waals surface area contributed by atoms with E-state index >= 15 is 0 Å². The molecule has 4 heteroatoms. The molecule has 1 aliphatic heterocycles. The van der Waals surface area contributed by atoms with E-state index in [1.165, 1.54) is 42.1 Å². The molecule has 1 saturated heterocycles. The molecule has 0 aliphatic carbocycles. The van der Waals surface area contributed by atoms with Gasteiger partial charge in [0.2, 0.25) is 0 Å². The fraction of sp³-hybridized carbons (Fsp3) is 0.800. The van der Waals surface area contributed by atoms with Gasteiger partial charge in [0.05, 0.1) is 6.04 Å². The number of nitrogens with one attached hydrogen (secondary N) is 2. The molecule has 0 radical (unpaired) electrons. The second kappa shape index (κ2) is 7.36. The largest absolute Gasteiger partial charge is 0.314 e. The average Bonchev–Trinajstić information content (AvgIpc) is 2.88. The van der Waals surface area contributed by atoms with Crippen molar-refractivity contribution in [3.8, 4) is 0 Å². The monoisotopic (exact) mass is 281 g/mol. The quantitative estimate of drug-likeness (QED) is 0.840. The van der Waals surface area contributed by atoms with Gasteiger partial charge in [0.15, 0.2) is 0 Å². The Morgan fingerprint density at radius 1 is 1.47 bits per heavy atom. The molecular weight excluding hydrogens is 254 g/mol. The Bertz CT molecular complexity index is 371. The first-order valence-electron chi connectivity index (χ1n) is 7.63. The van der Waals surface area contributed by atoms with Crippen LogP contribution in [0.15, 0.2) is 6.20 Å². The fourth-order valence-electron chi connectivity index (χ4n) is 2.80. The third-order valence-electron chi connectivity index (χ3n) is 3.88. The summed E-state index contributed by atoms with van der Waals surface area (Å²) in [4.78, 5) is 5.91. The zero-order chi connectivity index (χ0) is 13.7. The van der Waals surface area contributed by atoms with Gasteiger partial charge in [0.25, 0.3) is 0 Å². The van der Waals surface area contributed by atoms with Crippen LogP contribution >= 0.6 is 11.3 Å². The first-order valence-corrected chi connectivity index (χ1v) is 8.44. The lowest BCUT2D eigenvalue weighted by Gasteiger charge is -2.27. The summed E-state index contributed by atoms with van der Waals surface area (Å²) in [5, 5.41) is 8.53. The van der Waals surface area contributed by atoms with Crippen LogP contribution in [0.4, 0.5) is 0 Å². The molecule has 108 valence electrons. The number of rotatable bonds is 6. The Morgan fingerprint density at radius 3 is 2.95 bits per heavy atom. The topological polar surface area (TPSA) is 37.0 Å². The number of aryl methyl sites for hydroxylation is 1. The summed E-state index contributed by atoms with van der Waals surface area (Å²) < 4.78 is 0. The Morgan fingerprint density at radius 2 is 2.32 bits per heavy atom. The molecule has 2 rings (SSSR count). The normalized spacial score (nSPS) is 23.2. The van der Waals surface area contributed by atoms with E-state index in [4.69, 9.17) is 0 Å². The summed E-state index contributed by atoms with van der Waals surface area (Å²) in [6, 6.07) is 1.61. The van der Waals surface area contributed by atoms with Crippen LogP contribution in [-0.2, 0) is 6.42 Å². The maximum atomic E-state index is 4.53. The molecule has 1 aliphatic rings. The van der Waals surface area contributed by atoms with E-state index in [1.54, 1.807) is 0 Å². The summed E-state index contributed by atoms with van der Waals surface area (Å²) in [6.07, 6.45) is 8.38. The van der Waals surface area contributed by atoms with Gasteiger partial charge in [0.1, 0.15) is 5.01 Å². The van der Waals surface area contributed by atoms with Gasteiger partial charge < -0.3 is 10.6 Å². The molecule has 1 aromatic heterocycles. The Balaban J connectivity index is 1.78. The molecule has 1 aromatic rings. The molecule has 19 heavy (non-hydrogen) atoms. The van der Waals surface area contributed by atoms with E-state index in [1.807, 2.05) is 17.5 Å². The predicted octanol–water partition coefficient (Wildman–Crippen LogP) is 3.28. The zero-order valence-corrected chi connectivity index (χ0v) is 13.2. The lowest BCUT2D eigenvalue weighted by atomic mass is 9.98. The van der Waals surface area contributed by atoms with Crippen molar-refractivity contribution in [3.05, 3.63) is 16.1 Å². The second-order valence-corrected chi connectivity index (χ2v) is 6.84. The minimum atomic E-state index is 0.365. The van der Waals surface area contributed by atoms with Crippen LogP contribution in [0.2, 0.25) is 0 Å². The van der Waals surface area contributed by atoms with E-state index in [2.05, 4.69) is 36.4 Å². The van der Waals surface area contributed by atoms with E-state index < -0.39 is 0 Å². The maximum Gasteiger partial charge on any atom is 0.109 e. The van der Waals surface area contributed by atoms with Crippen LogP contribution in [0.3, 0.4) is 0 Å². The molecule has 3 unspecified atom stereocenters. The van der Waals surface area contributed by atoms with Crippen LogP contribution in [0.1, 0.15) is 62.4 Å². The minimum absolute atomic E-state index is 0.365. The molecule has 0 bridgehead atoms. The van der Waals surface area contributed by atoms with Crippen molar-refractivity contribution in [2.45, 2.75) is 71.0 Å². The SMILES string of the molecule is CCc1cnc(C(C)NC(C)CC2CCCCN2)s1. The van der Waals surface area contributed by atoms with Crippen molar-refractivity contribution in [3.63, 3.8) is 0 Å². The maximum absolute atomic E-state index is 4.53. The van der Waals surface area contributed by atoms with Crippen LogP contribution in [0.25, 0.3) is 0 Å². The molecule has 2 N–H and O–H groups in total. The highest BCUT2D eigenvalue weighted by atomic mass is 32.1. The van der Waals surface area contributed by atoms with Crippen molar-refractivity contribution in [2.24, 2.45) is 0 Å². The Hall–Kier alpha value is -0.450. The van der Waals surface area contributed by atoms with E-state index in [0.717, 1.165) is 6.42 Å². The molecular formula is C15H27N3S. The van der Waals surface area contributed by atoms with Crippen molar-refractivity contribution in [2.75, 3.05) is 6.54 Å². The molecule has 0 amide bonds. The molecule has 3 nitrogen and oxygen atoms in total. The van der Waals surface area contributed by atoms with Crippen molar-refractivity contribution in [1.82, 2.24) is 15.6 Å². The van der Waals surface area contributed by atoms with Gasteiger partial charge in [-0.3, -0.25) is 0 Å². The summed E-state index contributed by atoms with van der Waals surface area (Å²) in [5.41, 5.74) is 0. The molecule has 3 atom stereocenters. The van der Waals surface area contributed by atoms with Crippen LogP contribution in [0, 0.1) is 0 Å². The highest BCUT2D eigenvalue weighted by Gasteiger charge is 2.18. The van der Waals surface area contributed by atoms with Gasteiger partial charge in [-0.25, -0.2) is 4.98 Å². The van der Waals surface area contributed by atoms with E-state index in [9.17, 15) is 0 Å². The highest BCUT2D eigenvalue weighted by Crippen LogP contribution is 2.21. The number of piperidine rings is 1. The van der Waals surface area contributed by atoms with Gasteiger partial charge in [-0.15, -0.1) is 11.3 Å². The predicted molar refractivity (Wildman–Crippen MR) is 82.8 cm³/mol. The van der Waals surface area contributed by atoms with Crippen molar-refractivity contribution < 1.29 is 0 Å². The van der Waals surface area contributed by atoms with Crippen molar-refractivity contribution >= 4 is 11.3 Å². The number of hydrogen-bond acceptors (Lipinski definition) is 4. The molecule has 1 fully saturated rings. The summed E-state index contributed by atoms with van der Waals surface area (Å²) in [7, 11) is 0. The van der Waals surface area contributed by atoms with E-state index in [0.29, 0.717) is 18.1 Å². The smallest absolute Gasteiger partial charge is 0.109 e. The zero-order valence-electron chi connectivity index (χ0n) is 12.4. The minimum Gasteiger partial charge on any atom is -0.314 e. The second-order valence-electron chi connectivity index (χ2n) is 5.69. The first-order chi connectivity index (χ1) is 9.19. The molecule has 0 aromatic carbocycles. The van der Waals surface area contributed by atoms with Gasteiger partial charge in [0, 0.05) is 23.2 Å². The van der Waals surface area contributed by atoms with Crippen LogP contribution in [-0.4, -0.2) is 23.6 Å². The first kappa shape index (κ1) is 14.9. The number of hydrogen-bond donors (Lipinski definition) is 2. The van der Waals surface area contributed by atoms with Gasteiger partial charge in [-0.05, 0) is 46.1 Å². The fourth-order valence-corrected chi connectivity index (χ4v) is 3.67. The number of aromatic nitrogens is 1. The third kappa shape index (κ3) is 4.55. The van der Waals surface area contributed by atoms with Crippen LogP contribution < -0.4 is 10.6 Å². The lowest BCUT2D eigenvalue weighted by molar-refractivity contribution is 0.334. The Labute approximate surface area is 121 Å². The summed E-state index contributed by atoms with van der Waals surface area (Å²) >= 11 is 1.84. The molecule has 0 spiro atoms. The van der Waals surface area contributed by atoms with Gasteiger partial charge in [-0.2, -0.15) is 0 Å². The number of nitrogens with zero attached hydrogens (tertiary/aromatic N) is 1. The number of thiazole rings is 1. The van der Waals surface area contributed by atoms with Gasteiger partial charge in [-0.1, -0.05) is 13.3 Å². The molecule has 0 saturated carbocycles. The van der Waals surface area contributed by atoms with Crippen molar-refractivity contribution in [1.29, 1.82) is 0 Å². The lowest BCUT2D eigenvalue weighted by Crippen LogP contribution is -2.40.